The minimum absolute atomic E-state index is 0.104. The molecule has 2 aromatic rings. The second kappa shape index (κ2) is 6.19. The maximum Gasteiger partial charge on any atom is 0.197 e. The van der Waals surface area contributed by atoms with Crippen molar-refractivity contribution in [1.82, 2.24) is 0 Å². The van der Waals surface area contributed by atoms with Gasteiger partial charge in [0.1, 0.15) is 5.75 Å². The number of methoxy groups -OCH3 is 1. The summed E-state index contributed by atoms with van der Waals surface area (Å²) < 4.78 is 16.5. The summed E-state index contributed by atoms with van der Waals surface area (Å²) in [6.07, 6.45) is 0. The summed E-state index contributed by atoms with van der Waals surface area (Å²) in [6.45, 7) is 5.86. The highest BCUT2D eigenvalue weighted by molar-refractivity contribution is 7.34. The molecule has 0 fully saturated rings. The largest absolute Gasteiger partial charge is 0.495 e. The topological polar surface area (TPSA) is 43.4 Å². The first-order chi connectivity index (χ1) is 9.99. The summed E-state index contributed by atoms with van der Waals surface area (Å²) in [7, 11) is 1.32. The van der Waals surface area contributed by atoms with Gasteiger partial charge in [-0.05, 0) is 44.0 Å². The lowest BCUT2D eigenvalue weighted by Crippen LogP contribution is -2.12. The number of aryl methyl sites for hydroxylation is 3. The van der Waals surface area contributed by atoms with Gasteiger partial charge < -0.3 is 4.74 Å². The van der Waals surface area contributed by atoms with Gasteiger partial charge in [0.2, 0.25) is 0 Å². The molecule has 0 saturated carbocycles. The average molecular weight is 300 g/mol. The number of hydrogen-bond donors (Lipinski definition) is 0. The smallest absolute Gasteiger partial charge is 0.197 e. The lowest BCUT2D eigenvalue weighted by Gasteiger charge is -2.13. The Bertz CT molecular complexity index is 697. The molecule has 4 heteroatoms. The van der Waals surface area contributed by atoms with Crippen LogP contribution in [-0.4, -0.2) is 12.9 Å². The number of ketones is 1. The minimum atomic E-state index is -0.161. The van der Waals surface area contributed by atoms with Crippen molar-refractivity contribution >= 4 is 19.5 Å². The second-order valence-corrected chi connectivity index (χ2v) is 5.72. The predicted molar refractivity (Wildman–Crippen MR) is 84.3 cm³/mol. The molecule has 0 heterocycles. The fourth-order valence-corrected chi connectivity index (χ4v) is 3.10. The van der Waals surface area contributed by atoms with Crippen molar-refractivity contribution in [2.75, 3.05) is 7.11 Å². The first-order valence-electron chi connectivity index (χ1n) is 6.62. The molecule has 3 nitrogen and oxygen atoms in total. The molecule has 0 atom stereocenters. The Morgan fingerprint density at radius 2 is 1.71 bits per heavy atom. The normalized spacial score (nSPS) is 10.7. The van der Waals surface area contributed by atoms with Gasteiger partial charge in [-0.3, -0.25) is 9.36 Å². The Morgan fingerprint density at radius 3 is 2.24 bits per heavy atom. The maximum absolute atomic E-state index is 12.9. The highest BCUT2D eigenvalue weighted by atomic mass is 31.1. The van der Waals surface area contributed by atoms with Crippen molar-refractivity contribution in [2.24, 2.45) is 0 Å². The highest BCUT2D eigenvalue weighted by Gasteiger charge is 2.20. The van der Waals surface area contributed by atoms with Gasteiger partial charge in [-0.25, -0.2) is 0 Å². The van der Waals surface area contributed by atoms with Gasteiger partial charge in [-0.2, -0.15) is 0 Å². The number of hydrogen-bond acceptors (Lipinski definition) is 3. The fraction of sp³-hybridized carbons (Fsp3) is 0.235. The van der Waals surface area contributed by atoms with E-state index >= 15 is 0 Å². The number of benzene rings is 2. The molecular weight excluding hydrogens is 283 g/mol. The van der Waals surface area contributed by atoms with Crippen molar-refractivity contribution in [2.45, 2.75) is 20.8 Å². The zero-order valence-electron chi connectivity index (χ0n) is 12.6. The lowest BCUT2D eigenvalue weighted by atomic mass is 9.93. The second-order valence-electron chi connectivity index (χ2n) is 5.05. The Balaban J connectivity index is 2.64. The van der Waals surface area contributed by atoms with Crippen LogP contribution in [0, 0.1) is 20.8 Å². The maximum atomic E-state index is 12.9. The van der Waals surface area contributed by atoms with Crippen LogP contribution in [0.25, 0.3) is 0 Å². The van der Waals surface area contributed by atoms with Crippen LogP contribution >= 0.6 is 8.46 Å². The van der Waals surface area contributed by atoms with Gasteiger partial charge in [0.25, 0.3) is 0 Å². The lowest BCUT2D eigenvalue weighted by molar-refractivity contribution is 0.103. The van der Waals surface area contributed by atoms with Gasteiger partial charge in [-0.1, -0.05) is 23.8 Å². The van der Waals surface area contributed by atoms with Gasteiger partial charge in [0.15, 0.2) is 14.2 Å². The van der Waals surface area contributed by atoms with E-state index in [1.807, 2.05) is 32.9 Å². The van der Waals surface area contributed by atoms with E-state index in [0.717, 1.165) is 16.7 Å². The first kappa shape index (κ1) is 15.4. The van der Waals surface area contributed by atoms with Crippen molar-refractivity contribution in [3.05, 3.63) is 58.1 Å². The molecule has 0 spiro atoms. The van der Waals surface area contributed by atoms with Crippen molar-refractivity contribution in [3.8, 4) is 5.75 Å². The highest BCUT2D eigenvalue weighted by Crippen LogP contribution is 2.26. The molecule has 108 valence electrons. The van der Waals surface area contributed by atoms with E-state index in [2.05, 4.69) is 0 Å². The van der Waals surface area contributed by atoms with Crippen LogP contribution in [0.15, 0.2) is 30.3 Å². The summed E-state index contributed by atoms with van der Waals surface area (Å²) in [5, 5.41) is 0.478. The zero-order valence-corrected chi connectivity index (χ0v) is 13.5. The molecule has 0 bridgehead atoms. The molecule has 0 aromatic heterocycles. The summed E-state index contributed by atoms with van der Waals surface area (Å²) in [5.41, 5.74) is 4.11. The molecule has 2 rings (SSSR count). The van der Waals surface area contributed by atoms with Gasteiger partial charge in [0, 0.05) is 5.56 Å². The standard InChI is InChI=1S/C17H17O3P/c1-10-8-11(2)15(12(3)9-10)16(18)13-6-5-7-14(21-19)17(13)20-4/h5-9H,1-4H3. The Hall–Kier alpha value is -1.99. The van der Waals surface area contributed by atoms with Crippen molar-refractivity contribution in [1.29, 1.82) is 0 Å². The van der Waals surface area contributed by atoms with Crippen LogP contribution in [-0.2, 0) is 4.57 Å². The third kappa shape index (κ3) is 2.88. The summed E-state index contributed by atoms with van der Waals surface area (Å²) in [5.74, 6) is 0.269. The summed E-state index contributed by atoms with van der Waals surface area (Å²) in [6, 6.07) is 9.08. The fourth-order valence-electron chi connectivity index (χ4n) is 2.66. The van der Waals surface area contributed by atoms with Gasteiger partial charge in [0.05, 0.1) is 18.0 Å². The molecule has 0 saturated heterocycles. The Morgan fingerprint density at radius 1 is 1.10 bits per heavy atom. The SMILES string of the molecule is COc1c(P=O)cccc1C(=O)c1c(C)cc(C)cc1C. The van der Waals surface area contributed by atoms with Crippen LogP contribution in [0.4, 0.5) is 0 Å². The van der Waals surface area contributed by atoms with E-state index in [0.29, 0.717) is 22.2 Å². The zero-order chi connectivity index (χ0) is 15.6. The summed E-state index contributed by atoms with van der Waals surface area (Å²) >= 11 is 0. The van der Waals surface area contributed by atoms with E-state index in [1.165, 1.54) is 7.11 Å². The van der Waals surface area contributed by atoms with Gasteiger partial charge in [-0.15, -0.1) is 0 Å². The molecule has 0 radical (unpaired) electrons. The number of rotatable bonds is 4. The predicted octanol–water partition coefficient (Wildman–Crippen LogP) is 3.77. The molecule has 0 aliphatic rings. The third-order valence-electron chi connectivity index (χ3n) is 3.45. The Labute approximate surface area is 126 Å². The molecule has 0 aliphatic heterocycles. The Kier molecular flexibility index (Phi) is 4.54. The molecular formula is C17H17O3P. The minimum Gasteiger partial charge on any atom is -0.495 e. The molecule has 0 amide bonds. The molecule has 0 unspecified atom stereocenters. The quantitative estimate of drug-likeness (QED) is 0.637. The van der Waals surface area contributed by atoms with E-state index in [9.17, 15) is 9.36 Å². The molecule has 2 aromatic carbocycles. The number of carbonyl (C=O) groups excluding carboxylic acids is 1. The van der Waals surface area contributed by atoms with E-state index in [1.54, 1.807) is 18.2 Å². The molecule has 0 N–H and O–H groups in total. The number of carbonyl (C=O) groups is 1. The van der Waals surface area contributed by atoms with Crippen LogP contribution in [0.2, 0.25) is 0 Å². The average Bonchev–Trinajstić information content (AvgIpc) is 2.44. The molecule has 21 heavy (non-hydrogen) atoms. The van der Waals surface area contributed by atoms with E-state index in [4.69, 9.17) is 4.74 Å². The number of ether oxygens (including phenoxy) is 1. The first-order valence-corrected chi connectivity index (χ1v) is 7.43. The van der Waals surface area contributed by atoms with Crippen LogP contribution in [0.3, 0.4) is 0 Å². The van der Waals surface area contributed by atoms with E-state index in [-0.39, 0.29) is 14.2 Å². The van der Waals surface area contributed by atoms with Crippen molar-refractivity contribution in [3.63, 3.8) is 0 Å². The van der Waals surface area contributed by atoms with Crippen LogP contribution in [0.5, 0.6) is 5.75 Å². The van der Waals surface area contributed by atoms with Crippen LogP contribution < -0.4 is 10.0 Å². The van der Waals surface area contributed by atoms with E-state index < -0.39 is 0 Å². The van der Waals surface area contributed by atoms with Crippen molar-refractivity contribution < 1.29 is 14.1 Å². The van der Waals surface area contributed by atoms with Gasteiger partial charge >= 0.3 is 0 Å². The van der Waals surface area contributed by atoms with Crippen LogP contribution in [0.1, 0.15) is 32.6 Å². The molecule has 0 aliphatic carbocycles. The summed E-state index contributed by atoms with van der Waals surface area (Å²) in [4.78, 5) is 12.9. The number of para-hydroxylation sites is 1. The monoisotopic (exact) mass is 300 g/mol. The third-order valence-corrected chi connectivity index (χ3v) is 3.99.